The highest BCUT2D eigenvalue weighted by molar-refractivity contribution is 5.98. The van der Waals surface area contributed by atoms with Gasteiger partial charge in [0.15, 0.2) is 0 Å². The molecule has 0 aliphatic carbocycles. The van der Waals surface area contributed by atoms with Gasteiger partial charge >= 0.3 is 5.97 Å². The summed E-state index contributed by atoms with van der Waals surface area (Å²) in [5, 5.41) is 2.17. The number of carbonyl (C=O) groups excluding carboxylic acids is 3. The molecule has 0 spiro atoms. The number of methoxy groups -OCH3 is 1. The van der Waals surface area contributed by atoms with Crippen molar-refractivity contribution in [3.8, 4) is 0 Å². The Balaban J connectivity index is 2.46. The third kappa shape index (κ3) is 2.85. The van der Waals surface area contributed by atoms with Crippen LogP contribution in [0.5, 0.6) is 0 Å². The van der Waals surface area contributed by atoms with Gasteiger partial charge in [0.05, 0.1) is 7.11 Å². The first-order valence-corrected chi connectivity index (χ1v) is 4.01. The number of rotatable bonds is 2. The predicted octanol–water partition coefficient (Wildman–Crippen LogP) is -0.398. The fourth-order valence-corrected chi connectivity index (χ4v) is 1.32. The van der Waals surface area contributed by atoms with E-state index in [1.165, 1.54) is 7.11 Å². The number of piperidine rings is 1. The summed E-state index contributed by atoms with van der Waals surface area (Å²) in [6.07, 6.45) is 0.581. The Morgan fingerprint density at radius 3 is 2.46 bits per heavy atom. The molecule has 1 aliphatic rings. The van der Waals surface area contributed by atoms with Gasteiger partial charge in [-0.1, -0.05) is 0 Å². The lowest BCUT2D eigenvalue weighted by molar-refractivity contribution is -0.143. The van der Waals surface area contributed by atoms with Crippen molar-refractivity contribution < 1.29 is 19.1 Å². The summed E-state index contributed by atoms with van der Waals surface area (Å²) in [6.45, 7) is 0. The summed E-state index contributed by atoms with van der Waals surface area (Å²) in [7, 11) is 1.28. The second kappa shape index (κ2) is 4.02. The largest absolute Gasteiger partial charge is 0.469 e. The van der Waals surface area contributed by atoms with Crippen LogP contribution in [0, 0.1) is 5.92 Å². The standard InChI is InChI=1S/C8H11NO4/c1-13-8(12)4-5-2-6(10)9-7(11)3-5/h5H,2-4H2,1H3,(H,9,10,11). The van der Waals surface area contributed by atoms with Crippen molar-refractivity contribution in [2.24, 2.45) is 5.92 Å². The molecular weight excluding hydrogens is 174 g/mol. The minimum Gasteiger partial charge on any atom is -0.469 e. The Labute approximate surface area is 75.4 Å². The predicted molar refractivity (Wildman–Crippen MR) is 42.5 cm³/mol. The number of esters is 1. The summed E-state index contributed by atoms with van der Waals surface area (Å²) in [5.41, 5.74) is 0. The molecule has 0 radical (unpaired) electrons. The highest BCUT2D eigenvalue weighted by Crippen LogP contribution is 2.17. The van der Waals surface area contributed by atoms with Crippen molar-refractivity contribution in [1.82, 2.24) is 5.32 Å². The van der Waals surface area contributed by atoms with Crippen molar-refractivity contribution in [3.05, 3.63) is 0 Å². The van der Waals surface area contributed by atoms with E-state index in [1.54, 1.807) is 0 Å². The van der Waals surface area contributed by atoms with Crippen LogP contribution in [0.3, 0.4) is 0 Å². The summed E-state index contributed by atoms with van der Waals surface area (Å²) in [6, 6.07) is 0. The zero-order valence-electron chi connectivity index (χ0n) is 7.33. The second-order valence-corrected chi connectivity index (χ2v) is 3.03. The first-order chi connectivity index (χ1) is 6.11. The monoisotopic (exact) mass is 185 g/mol. The molecule has 72 valence electrons. The SMILES string of the molecule is COC(=O)CC1CC(=O)NC(=O)C1. The summed E-state index contributed by atoms with van der Waals surface area (Å²) < 4.78 is 4.44. The zero-order valence-corrected chi connectivity index (χ0v) is 7.33. The Bertz CT molecular complexity index is 233. The van der Waals surface area contributed by atoms with E-state index >= 15 is 0 Å². The zero-order chi connectivity index (χ0) is 9.84. The lowest BCUT2D eigenvalue weighted by Gasteiger charge is -2.19. The summed E-state index contributed by atoms with van der Waals surface area (Å²) >= 11 is 0. The van der Waals surface area contributed by atoms with Gasteiger partial charge in [0.2, 0.25) is 11.8 Å². The maximum atomic E-state index is 10.9. The molecule has 1 N–H and O–H groups in total. The van der Waals surface area contributed by atoms with Crippen LogP contribution in [-0.2, 0) is 19.1 Å². The maximum absolute atomic E-state index is 10.9. The second-order valence-electron chi connectivity index (χ2n) is 3.03. The Hall–Kier alpha value is -1.39. The Kier molecular flexibility index (Phi) is 3.00. The van der Waals surface area contributed by atoms with Crippen molar-refractivity contribution >= 4 is 17.8 Å². The first-order valence-electron chi connectivity index (χ1n) is 4.01. The molecule has 2 amide bonds. The van der Waals surface area contributed by atoms with Crippen molar-refractivity contribution in [2.75, 3.05) is 7.11 Å². The van der Waals surface area contributed by atoms with Gasteiger partial charge in [0.1, 0.15) is 0 Å². The molecule has 1 saturated heterocycles. The number of amides is 2. The van der Waals surface area contributed by atoms with Crippen LogP contribution in [0.1, 0.15) is 19.3 Å². The molecular formula is C8H11NO4. The molecule has 1 fully saturated rings. The first kappa shape index (κ1) is 9.70. The number of ether oxygens (including phenoxy) is 1. The van der Waals surface area contributed by atoms with Gasteiger partial charge in [0.25, 0.3) is 0 Å². The molecule has 1 rings (SSSR count). The molecule has 5 heteroatoms. The van der Waals surface area contributed by atoms with Crippen LogP contribution >= 0.6 is 0 Å². The highest BCUT2D eigenvalue weighted by Gasteiger charge is 2.26. The normalized spacial score (nSPS) is 18.2. The van der Waals surface area contributed by atoms with Crippen LogP contribution < -0.4 is 5.32 Å². The van der Waals surface area contributed by atoms with Crippen LogP contribution in [0.4, 0.5) is 0 Å². The van der Waals surface area contributed by atoms with E-state index in [2.05, 4.69) is 10.1 Å². The molecule has 0 aromatic rings. The van der Waals surface area contributed by atoms with Crippen molar-refractivity contribution in [1.29, 1.82) is 0 Å². The number of carbonyl (C=O) groups is 3. The van der Waals surface area contributed by atoms with E-state index in [-0.39, 0.29) is 43.0 Å². The van der Waals surface area contributed by atoms with Gasteiger partial charge in [-0.2, -0.15) is 0 Å². The van der Waals surface area contributed by atoms with Crippen LogP contribution in [0.2, 0.25) is 0 Å². The fraction of sp³-hybridized carbons (Fsp3) is 0.625. The van der Waals surface area contributed by atoms with E-state index in [0.717, 1.165) is 0 Å². The summed E-state index contributed by atoms with van der Waals surface area (Å²) in [5.74, 6) is -1.21. The van der Waals surface area contributed by atoms with Crippen LogP contribution in [-0.4, -0.2) is 24.9 Å². The quantitative estimate of drug-likeness (QED) is 0.469. The molecule has 1 heterocycles. The van der Waals surface area contributed by atoms with E-state index in [1.807, 2.05) is 0 Å². The van der Waals surface area contributed by atoms with Crippen LogP contribution in [0.25, 0.3) is 0 Å². The Morgan fingerprint density at radius 1 is 1.46 bits per heavy atom. The topological polar surface area (TPSA) is 72.5 Å². The molecule has 0 aromatic carbocycles. The lowest BCUT2D eigenvalue weighted by atomic mass is 9.94. The molecule has 1 aliphatic heterocycles. The van der Waals surface area contributed by atoms with Gasteiger partial charge in [-0.05, 0) is 5.92 Å². The van der Waals surface area contributed by atoms with Gasteiger partial charge in [-0.15, -0.1) is 0 Å². The molecule has 13 heavy (non-hydrogen) atoms. The smallest absolute Gasteiger partial charge is 0.305 e. The van der Waals surface area contributed by atoms with Crippen molar-refractivity contribution in [2.45, 2.75) is 19.3 Å². The molecule has 5 nitrogen and oxygen atoms in total. The van der Waals surface area contributed by atoms with Gasteiger partial charge in [-0.25, -0.2) is 0 Å². The molecule has 0 atom stereocenters. The van der Waals surface area contributed by atoms with E-state index < -0.39 is 0 Å². The molecule has 0 unspecified atom stereocenters. The fourth-order valence-electron chi connectivity index (χ4n) is 1.32. The van der Waals surface area contributed by atoms with Gasteiger partial charge in [-0.3, -0.25) is 19.7 Å². The lowest BCUT2D eigenvalue weighted by Crippen LogP contribution is -2.39. The maximum Gasteiger partial charge on any atom is 0.305 e. The molecule has 0 saturated carbocycles. The number of nitrogens with one attached hydrogen (secondary N) is 1. The third-order valence-corrected chi connectivity index (χ3v) is 1.91. The average Bonchev–Trinajstić information content (AvgIpc) is 2.02. The van der Waals surface area contributed by atoms with Crippen molar-refractivity contribution in [3.63, 3.8) is 0 Å². The number of hydrogen-bond acceptors (Lipinski definition) is 4. The van der Waals surface area contributed by atoms with E-state index in [9.17, 15) is 14.4 Å². The Morgan fingerprint density at radius 2 is 2.00 bits per heavy atom. The van der Waals surface area contributed by atoms with Crippen LogP contribution in [0.15, 0.2) is 0 Å². The van der Waals surface area contributed by atoms with Gasteiger partial charge in [0, 0.05) is 19.3 Å². The number of hydrogen-bond donors (Lipinski definition) is 1. The minimum atomic E-state index is -0.382. The van der Waals surface area contributed by atoms with E-state index in [0.29, 0.717) is 0 Å². The van der Waals surface area contributed by atoms with Gasteiger partial charge < -0.3 is 4.74 Å². The molecule has 0 bridgehead atoms. The minimum absolute atomic E-state index is 0.135. The number of imide groups is 1. The summed E-state index contributed by atoms with van der Waals surface area (Å²) in [4.78, 5) is 32.6. The third-order valence-electron chi connectivity index (χ3n) is 1.91. The molecule has 0 aromatic heterocycles. The highest BCUT2D eigenvalue weighted by atomic mass is 16.5. The average molecular weight is 185 g/mol. The van der Waals surface area contributed by atoms with E-state index in [4.69, 9.17) is 0 Å².